The lowest BCUT2D eigenvalue weighted by molar-refractivity contribution is -0.128. The molecule has 2 aromatic rings. The molecule has 140 valence electrons. The van der Waals surface area contributed by atoms with Crippen LogP contribution in [0.25, 0.3) is 0 Å². The van der Waals surface area contributed by atoms with Gasteiger partial charge < -0.3 is 19.5 Å². The Hall–Kier alpha value is -2.69. The van der Waals surface area contributed by atoms with Crippen molar-refractivity contribution in [3.63, 3.8) is 0 Å². The van der Waals surface area contributed by atoms with Crippen molar-refractivity contribution < 1.29 is 19.0 Å². The summed E-state index contributed by atoms with van der Waals surface area (Å²) in [5, 5.41) is 3.02. The first-order valence-corrected chi connectivity index (χ1v) is 8.74. The van der Waals surface area contributed by atoms with Crippen molar-refractivity contribution in [1.29, 1.82) is 0 Å². The van der Waals surface area contributed by atoms with Crippen molar-refractivity contribution in [2.45, 2.75) is 39.3 Å². The summed E-state index contributed by atoms with van der Waals surface area (Å²) in [5.74, 6) is 1.88. The molecule has 1 N–H and O–H groups in total. The summed E-state index contributed by atoms with van der Waals surface area (Å²) in [4.78, 5) is 12.7. The maximum atomic E-state index is 12.7. The van der Waals surface area contributed by atoms with Crippen LogP contribution in [0.5, 0.6) is 17.2 Å². The quantitative estimate of drug-likeness (QED) is 0.774. The van der Waals surface area contributed by atoms with Crippen LogP contribution in [-0.4, -0.2) is 26.2 Å². The summed E-state index contributed by atoms with van der Waals surface area (Å²) >= 11 is 0. The number of amides is 1. The van der Waals surface area contributed by atoms with E-state index in [2.05, 4.69) is 5.32 Å². The van der Waals surface area contributed by atoms with Crippen LogP contribution in [0.2, 0.25) is 0 Å². The number of carbonyl (C=O) groups is 1. The summed E-state index contributed by atoms with van der Waals surface area (Å²) < 4.78 is 16.5. The standard InChI is InChI=1S/C21H27NO4/c1-6-17(26-18-10-8-7-9-14(18)2)21(23)22-15(3)16-11-12-19(24-4)20(13-16)25-5/h7-13,15,17H,6H2,1-5H3,(H,22,23)/t15-,17+/m0/s1. The van der Waals surface area contributed by atoms with Crippen LogP contribution < -0.4 is 19.5 Å². The topological polar surface area (TPSA) is 56.8 Å². The number of ether oxygens (including phenoxy) is 3. The minimum Gasteiger partial charge on any atom is -0.493 e. The summed E-state index contributed by atoms with van der Waals surface area (Å²) in [6.07, 6.45) is 0.0393. The average molecular weight is 357 g/mol. The lowest BCUT2D eigenvalue weighted by atomic mass is 10.1. The minimum absolute atomic E-state index is 0.141. The van der Waals surface area contributed by atoms with E-state index in [0.717, 1.165) is 16.9 Å². The molecule has 1 amide bonds. The molecule has 0 saturated carbocycles. The zero-order chi connectivity index (χ0) is 19.1. The Morgan fingerprint density at radius 1 is 1.04 bits per heavy atom. The van der Waals surface area contributed by atoms with Crippen LogP contribution in [0.15, 0.2) is 42.5 Å². The van der Waals surface area contributed by atoms with Crippen molar-refractivity contribution in [2.75, 3.05) is 14.2 Å². The third kappa shape index (κ3) is 4.69. The highest BCUT2D eigenvalue weighted by molar-refractivity contribution is 5.81. The van der Waals surface area contributed by atoms with Crippen LogP contribution in [0, 0.1) is 6.92 Å². The summed E-state index contributed by atoms with van der Waals surface area (Å²) in [7, 11) is 3.19. The molecule has 0 saturated heterocycles. The second-order valence-corrected chi connectivity index (χ2v) is 6.12. The molecule has 0 aromatic heterocycles. The molecule has 5 nitrogen and oxygen atoms in total. The zero-order valence-electron chi connectivity index (χ0n) is 16.0. The fourth-order valence-electron chi connectivity index (χ4n) is 2.68. The summed E-state index contributed by atoms with van der Waals surface area (Å²) in [5.41, 5.74) is 1.94. The minimum atomic E-state index is -0.543. The Morgan fingerprint density at radius 3 is 2.35 bits per heavy atom. The SMILES string of the molecule is CC[C@@H](Oc1ccccc1C)C(=O)N[C@@H](C)c1ccc(OC)c(OC)c1. The smallest absolute Gasteiger partial charge is 0.261 e. The Bertz CT molecular complexity index is 745. The van der Waals surface area contributed by atoms with Gasteiger partial charge in [0.25, 0.3) is 5.91 Å². The third-order valence-corrected chi connectivity index (χ3v) is 4.29. The van der Waals surface area contributed by atoms with Crippen molar-refractivity contribution in [3.8, 4) is 17.2 Å². The number of nitrogens with one attached hydrogen (secondary N) is 1. The molecule has 2 aromatic carbocycles. The number of para-hydroxylation sites is 1. The second-order valence-electron chi connectivity index (χ2n) is 6.12. The maximum Gasteiger partial charge on any atom is 0.261 e. The van der Waals surface area contributed by atoms with Crippen molar-refractivity contribution in [3.05, 3.63) is 53.6 Å². The maximum absolute atomic E-state index is 12.7. The molecule has 0 heterocycles. The molecule has 0 aliphatic carbocycles. The van der Waals surface area contributed by atoms with E-state index in [1.54, 1.807) is 14.2 Å². The number of aryl methyl sites for hydroxylation is 1. The van der Waals surface area contributed by atoms with Crippen LogP contribution in [0.1, 0.15) is 37.4 Å². The van der Waals surface area contributed by atoms with Crippen LogP contribution in [0.4, 0.5) is 0 Å². The lowest BCUT2D eigenvalue weighted by Crippen LogP contribution is -2.39. The van der Waals surface area contributed by atoms with E-state index in [0.29, 0.717) is 17.9 Å². The van der Waals surface area contributed by atoms with Gasteiger partial charge in [-0.1, -0.05) is 31.2 Å². The normalized spacial score (nSPS) is 12.8. The van der Waals surface area contributed by atoms with Gasteiger partial charge in [0, 0.05) is 0 Å². The van der Waals surface area contributed by atoms with Gasteiger partial charge >= 0.3 is 0 Å². The monoisotopic (exact) mass is 357 g/mol. The molecule has 5 heteroatoms. The van der Waals surface area contributed by atoms with Crippen molar-refractivity contribution in [1.82, 2.24) is 5.32 Å². The fourth-order valence-corrected chi connectivity index (χ4v) is 2.68. The Balaban J connectivity index is 2.08. The second kappa shape index (κ2) is 9.13. The van der Waals surface area contributed by atoms with Crippen molar-refractivity contribution in [2.24, 2.45) is 0 Å². The molecule has 0 spiro atoms. The Morgan fingerprint density at radius 2 is 1.73 bits per heavy atom. The van der Waals surface area contributed by atoms with Gasteiger partial charge in [0.15, 0.2) is 17.6 Å². The molecule has 0 radical (unpaired) electrons. The molecule has 0 aliphatic rings. The van der Waals surface area contributed by atoms with Gasteiger partial charge in [-0.15, -0.1) is 0 Å². The largest absolute Gasteiger partial charge is 0.493 e. The van der Waals surface area contributed by atoms with Gasteiger partial charge in [0.2, 0.25) is 0 Å². The number of benzene rings is 2. The first-order valence-electron chi connectivity index (χ1n) is 8.74. The lowest BCUT2D eigenvalue weighted by Gasteiger charge is -2.22. The predicted octanol–water partition coefficient (Wildman–Crippen LogP) is 4.05. The van der Waals surface area contributed by atoms with Gasteiger partial charge in [0.05, 0.1) is 20.3 Å². The molecule has 2 rings (SSSR count). The number of rotatable bonds is 8. The van der Waals surface area contributed by atoms with E-state index >= 15 is 0 Å². The van der Waals surface area contributed by atoms with Gasteiger partial charge in [-0.05, 0) is 49.6 Å². The Labute approximate surface area is 155 Å². The first-order chi connectivity index (χ1) is 12.5. The van der Waals surface area contributed by atoms with E-state index in [-0.39, 0.29) is 11.9 Å². The van der Waals surface area contributed by atoms with E-state index < -0.39 is 6.10 Å². The highest BCUT2D eigenvalue weighted by Crippen LogP contribution is 2.30. The van der Waals surface area contributed by atoms with Gasteiger partial charge in [-0.2, -0.15) is 0 Å². The molecular formula is C21H27NO4. The number of hydrogen-bond acceptors (Lipinski definition) is 4. The molecule has 26 heavy (non-hydrogen) atoms. The first kappa shape index (κ1) is 19.6. The molecule has 0 fully saturated rings. The highest BCUT2D eigenvalue weighted by Gasteiger charge is 2.21. The van der Waals surface area contributed by atoms with E-state index in [1.807, 2.05) is 63.2 Å². The summed E-state index contributed by atoms with van der Waals surface area (Å²) in [6.45, 7) is 5.83. The number of carbonyl (C=O) groups excluding carboxylic acids is 1. The van der Waals surface area contributed by atoms with Gasteiger partial charge in [0.1, 0.15) is 5.75 Å². The van der Waals surface area contributed by atoms with Gasteiger partial charge in [-0.3, -0.25) is 4.79 Å². The fraction of sp³-hybridized carbons (Fsp3) is 0.381. The van der Waals surface area contributed by atoms with Crippen molar-refractivity contribution >= 4 is 5.91 Å². The van der Waals surface area contributed by atoms with Crippen LogP contribution in [-0.2, 0) is 4.79 Å². The molecular weight excluding hydrogens is 330 g/mol. The highest BCUT2D eigenvalue weighted by atomic mass is 16.5. The molecule has 0 aliphatic heterocycles. The number of methoxy groups -OCH3 is 2. The van der Waals surface area contributed by atoms with Crippen LogP contribution in [0.3, 0.4) is 0 Å². The Kier molecular flexibility index (Phi) is 6.89. The molecule has 0 bridgehead atoms. The third-order valence-electron chi connectivity index (χ3n) is 4.29. The molecule has 0 unspecified atom stereocenters. The van der Waals surface area contributed by atoms with Gasteiger partial charge in [-0.25, -0.2) is 0 Å². The number of hydrogen-bond donors (Lipinski definition) is 1. The zero-order valence-corrected chi connectivity index (χ0v) is 16.0. The predicted molar refractivity (Wildman–Crippen MR) is 102 cm³/mol. The van der Waals surface area contributed by atoms with E-state index in [9.17, 15) is 4.79 Å². The summed E-state index contributed by atoms with van der Waals surface area (Å²) in [6, 6.07) is 13.1. The molecule has 2 atom stereocenters. The average Bonchev–Trinajstić information content (AvgIpc) is 2.66. The van der Waals surface area contributed by atoms with Crippen LogP contribution >= 0.6 is 0 Å². The van der Waals surface area contributed by atoms with E-state index in [4.69, 9.17) is 14.2 Å². The van der Waals surface area contributed by atoms with E-state index in [1.165, 1.54) is 0 Å².